The van der Waals surface area contributed by atoms with Gasteiger partial charge in [-0.15, -0.1) is 10.2 Å². The fourth-order valence-electron chi connectivity index (χ4n) is 1.44. The number of aromatic nitrogens is 6. The summed E-state index contributed by atoms with van der Waals surface area (Å²) in [4.78, 5) is 11.8. The zero-order valence-electron chi connectivity index (χ0n) is 9.88. The van der Waals surface area contributed by atoms with Gasteiger partial charge in [-0.05, 0) is 13.8 Å². The fourth-order valence-corrected chi connectivity index (χ4v) is 1.64. The van der Waals surface area contributed by atoms with E-state index in [9.17, 15) is 4.79 Å². The number of hydrogen-bond donors (Lipinski definition) is 2. The van der Waals surface area contributed by atoms with Crippen LogP contribution in [0.15, 0.2) is 11.0 Å². The smallest absolute Gasteiger partial charge is 0.287 e. The van der Waals surface area contributed by atoms with Crippen molar-refractivity contribution in [3.8, 4) is 0 Å². The van der Waals surface area contributed by atoms with Crippen LogP contribution >= 0.6 is 11.6 Å². The fraction of sp³-hybridized carbons (Fsp3) is 0.444. The Morgan fingerprint density at radius 1 is 1.61 bits per heavy atom. The zero-order chi connectivity index (χ0) is 13.1. The number of hydrogen-bond acceptors (Lipinski definition) is 6. The van der Waals surface area contributed by atoms with Crippen LogP contribution in [0.4, 0.5) is 5.69 Å². The number of H-pyrrole nitrogens is 1. The van der Waals surface area contributed by atoms with Gasteiger partial charge in [0.05, 0.1) is 17.9 Å². The number of nitrogens with one attached hydrogen (secondary N) is 2. The van der Waals surface area contributed by atoms with Crippen molar-refractivity contribution in [3.05, 3.63) is 27.4 Å². The molecule has 0 radical (unpaired) electrons. The Balaban J connectivity index is 2.25. The average molecular weight is 270 g/mol. The molecule has 2 aromatic heterocycles. The van der Waals surface area contributed by atoms with Crippen molar-refractivity contribution in [2.45, 2.75) is 26.4 Å². The van der Waals surface area contributed by atoms with Gasteiger partial charge in [0.1, 0.15) is 5.02 Å². The minimum absolute atomic E-state index is 0.0993. The number of aromatic amines is 1. The second-order valence-electron chi connectivity index (χ2n) is 3.63. The second-order valence-corrected chi connectivity index (χ2v) is 4.01. The lowest BCUT2D eigenvalue weighted by Gasteiger charge is -2.12. The van der Waals surface area contributed by atoms with Gasteiger partial charge >= 0.3 is 0 Å². The van der Waals surface area contributed by atoms with Gasteiger partial charge in [-0.3, -0.25) is 4.79 Å². The maximum atomic E-state index is 11.8. The molecule has 2 heterocycles. The Kier molecular flexibility index (Phi) is 3.56. The van der Waals surface area contributed by atoms with Gasteiger partial charge in [0.2, 0.25) is 0 Å². The Labute approximate surface area is 107 Å². The molecule has 2 N–H and O–H groups in total. The molecule has 2 rings (SSSR count). The maximum absolute atomic E-state index is 11.8. The predicted octanol–water partition coefficient (Wildman–Crippen LogP) is 0.603. The van der Waals surface area contributed by atoms with Crippen LogP contribution in [0.3, 0.4) is 0 Å². The molecule has 18 heavy (non-hydrogen) atoms. The monoisotopic (exact) mass is 269 g/mol. The summed E-state index contributed by atoms with van der Waals surface area (Å²) >= 11 is 5.98. The van der Waals surface area contributed by atoms with E-state index in [2.05, 4.69) is 31.0 Å². The Morgan fingerprint density at radius 3 is 3.00 bits per heavy atom. The molecule has 0 saturated carbocycles. The van der Waals surface area contributed by atoms with Crippen molar-refractivity contribution in [1.29, 1.82) is 0 Å². The first-order chi connectivity index (χ1) is 8.63. The summed E-state index contributed by atoms with van der Waals surface area (Å²) in [6.45, 7) is 4.12. The van der Waals surface area contributed by atoms with Crippen LogP contribution in [0.25, 0.3) is 0 Å². The van der Waals surface area contributed by atoms with Gasteiger partial charge in [0.25, 0.3) is 5.56 Å². The van der Waals surface area contributed by atoms with Crippen LogP contribution in [0.2, 0.25) is 5.02 Å². The highest BCUT2D eigenvalue weighted by atomic mass is 35.5. The van der Waals surface area contributed by atoms with Gasteiger partial charge in [-0.25, -0.2) is 4.68 Å². The maximum Gasteiger partial charge on any atom is 0.287 e. The number of rotatable bonds is 4. The Bertz CT molecular complexity index is 579. The van der Waals surface area contributed by atoms with Gasteiger partial charge in [-0.1, -0.05) is 16.8 Å². The van der Waals surface area contributed by atoms with Crippen LogP contribution in [0, 0.1) is 0 Å². The third-order valence-corrected chi connectivity index (χ3v) is 2.77. The van der Waals surface area contributed by atoms with Gasteiger partial charge in [0.15, 0.2) is 5.82 Å². The normalized spacial score (nSPS) is 12.4. The molecular weight excluding hydrogens is 258 g/mol. The van der Waals surface area contributed by atoms with E-state index in [0.717, 1.165) is 0 Å². The molecule has 0 fully saturated rings. The summed E-state index contributed by atoms with van der Waals surface area (Å²) in [5.74, 6) is 0.478. The Hall–Kier alpha value is -1.96. The largest absolute Gasteiger partial charge is 0.373 e. The van der Waals surface area contributed by atoms with Gasteiger partial charge in [0, 0.05) is 6.54 Å². The van der Waals surface area contributed by atoms with Gasteiger partial charge < -0.3 is 5.32 Å². The topological polar surface area (TPSA) is 101 Å². The van der Waals surface area contributed by atoms with E-state index in [-0.39, 0.29) is 16.6 Å². The summed E-state index contributed by atoms with van der Waals surface area (Å²) < 4.78 is 1.28. The molecule has 0 aromatic carbocycles. The van der Waals surface area contributed by atoms with E-state index in [1.54, 1.807) is 0 Å². The zero-order valence-corrected chi connectivity index (χ0v) is 10.6. The summed E-state index contributed by atoms with van der Waals surface area (Å²) in [5.41, 5.74) is 0.119. The molecule has 0 bridgehead atoms. The van der Waals surface area contributed by atoms with Crippen molar-refractivity contribution in [3.63, 3.8) is 0 Å². The lowest BCUT2D eigenvalue weighted by atomic mass is 10.3. The molecule has 8 nitrogen and oxygen atoms in total. The van der Waals surface area contributed by atoms with Crippen molar-refractivity contribution in [2.24, 2.45) is 0 Å². The van der Waals surface area contributed by atoms with Crippen LogP contribution < -0.4 is 10.9 Å². The minimum Gasteiger partial charge on any atom is -0.373 e. The highest BCUT2D eigenvalue weighted by Gasteiger charge is 2.14. The summed E-state index contributed by atoms with van der Waals surface area (Å²) in [7, 11) is 0. The highest BCUT2D eigenvalue weighted by molar-refractivity contribution is 6.32. The van der Waals surface area contributed by atoms with E-state index in [1.807, 2.05) is 13.8 Å². The molecule has 0 amide bonds. The summed E-state index contributed by atoms with van der Waals surface area (Å²) in [5, 5.41) is 20.6. The summed E-state index contributed by atoms with van der Waals surface area (Å²) in [6.07, 6.45) is 1.50. The van der Waals surface area contributed by atoms with Crippen molar-refractivity contribution >= 4 is 17.3 Å². The number of aryl methyl sites for hydroxylation is 1. The summed E-state index contributed by atoms with van der Waals surface area (Å²) in [6, 6.07) is -0.236. The van der Waals surface area contributed by atoms with Crippen LogP contribution in [0.5, 0.6) is 0 Å². The molecule has 0 aliphatic rings. The van der Waals surface area contributed by atoms with E-state index in [4.69, 9.17) is 11.6 Å². The second kappa shape index (κ2) is 5.13. The number of tetrazole rings is 1. The van der Waals surface area contributed by atoms with E-state index >= 15 is 0 Å². The molecule has 0 aliphatic heterocycles. The lowest BCUT2D eigenvalue weighted by Crippen LogP contribution is -2.24. The highest BCUT2D eigenvalue weighted by Crippen LogP contribution is 2.20. The van der Waals surface area contributed by atoms with Crippen LogP contribution in [-0.2, 0) is 6.54 Å². The number of nitrogens with zero attached hydrogens (tertiary/aromatic N) is 5. The van der Waals surface area contributed by atoms with Crippen molar-refractivity contribution in [2.75, 3.05) is 5.32 Å². The molecule has 0 saturated heterocycles. The van der Waals surface area contributed by atoms with Crippen LogP contribution in [-0.4, -0.2) is 30.4 Å². The van der Waals surface area contributed by atoms with Crippen LogP contribution in [0.1, 0.15) is 25.7 Å². The first kappa shape index (κ1) is 12.5. The number of halogens is 1. The van der Waals surface area contributed by atoms with Crippen molar-refractivity contribution < 1.29 is 0 Å². The predicted molar refractivity (Wildman–Crippen MR) is 65.4 cm³/mol. The SMILES string of the molecule is CCn1ncc(NC(C)c2nn[nH]n2)c(Cl)c1=O. The standard InChI is InChI=1S/C9H12ClN7O/c1-3-17-9(18)7(10)6(4-11-17)12-5(2)8-13-15-16-14-8/h4-5,12H,3H2,1-2H3,(H,13,14,15,16). The number of anilines is 1. The Morgan fingerprint density at radius 2 is 2.39 bits per heavy atom. The molecule has 96 valence electrons. The van der Waals surface area contributed by atoms with Crippen molar-refractivity contribution in [1.82, 2.24) is 30.4 Å². The average Bonchev–Trinajstić information content (AvgIpc) is 2.89. The molecule has 9 heteroatoms. The molecular formula is C9H12ClN7O. The quantitative estimate of drug-likeness (QED) is 0.843. The lowest BCUT2D eigenvalue weighted by molar-refractivity contribution is 0.615. The third-order valence-electron chi connectivity index (χ3n) is 2.41. The molecule has 1 unspecified atom stereocenters. The molecule has 0 aliphatic carbocycles. The van der Waals surface area contributed by atoms with Gasteiger partial charge in [-0.2, -0.15) is 10.3 Å². The first-order valence-electron chi connectivity index (χ1n) is 5.39. The molecule has 0 spiro atoms. The minimum atomic E-state index is -0.329. The van der Waals surface area contributed by atoms with E-state index in [0.29, 0.717) is 18.1 Å². The third kappa shape index (κ3) is 2.33. The molecule has 1 atom stereocenters. The first-order valence-corrected chi connectivity index (χ1v) is 5.76. The molecule has 2 aromatic rings. The van der Waals surface area contributed by atoms with E-state index in [1.165, 1.54) is 10.9 Å². The van der Waals surface area contributed by atoms with E-state index < -0.39 is 0 Å².